The highest BCUT2D eigenvalue weighted by molar-refractivity contribution is 5.37. The quantitative estimate of drug-likeness (QED) is 0.180. The number of halogens is 11. The number of allylic oxidation sites excluding steroid dienone is 2. The van der Waals surface area contributed by atoms with Crippen LogP contribution in [0, 0.1) is 0 Å². The number of hydrogen-bond donors (Lipinski definition) is 0. The monoisotopic (exact) mass is 551 g/mol. The summed E-state index contributed by atoms with van der Waals surface area (Å²) in [5.41, 5.74) is -4.21. The summed E-state index contributed by atoms with van der Waals surface area (Å²) in [7, 11) is 0. The zero-order valence-electron chi connectivity index (χ0n) is 21.0. The Morgan fingerprint density at radius 3 is 1.11 bits per heavy atom. The molecule has 0 heterocycles. The van der Waals surface area contributed by atoms with Gasteiger partial charge in [0.1, 0.15) is 5.57 Å². The average molecular weight is 552 g/mol. The first-order valence-corrected chi connectivity index (χ1v) is 12.1. The summed E-state index contributed by atoms with van der Waals surface area (Å²) in [5.74, 6) is -31.5. The Bertz CT molecular complexity index is 665. The molecular weight excluding hydrogens is 515 g/mol. The Morgan fingerprint density at radius 2 is 0.861 bits per heavy atom. The maximum atomic E-state index is 12.7. The van der Waals surface area contributed by atoms with Gasteiger partial charge in [0.2, 0.25) is 0 Å². The van der Waals surface area contributed by atoms with E-state index >= 15 is 0 Å². The van der Waals surface area contributed by atoms with Gasteiger partial charge in [0.15, 0.2) is 0 Å². The molecule has 0 aromatic rings. The largest absolute Gasteiger partial charge is 0.871 e. The van der Waals surface area contributed by atoms with Gasteiger partial charge >= 0.3 is 29.9 Å². The maximum Gasteiger partial charge on any atom is 0.417 e. The topological polar surface area (TPSA) is 23.1 Å². The van der Waals surface area contributed by atoms with E-state index in [1.807, 2.05) is 0 Å². The van der Waals surface area contributed by atoms with Crippen molar-refractivity contribution in [2.45, 2.75) is 109 Å². The Hall–Kier alpha value is -1.27. The summed E-state index contributed by atoms with van der Waals surface area (Å²) in [5, 5.41) is 10.4. The SMILES string of the molecule is CCCC[N+](CCCC)(CCCC)CCCC.[O-]C1=C(C(F)(F)F)C(F)(F)C(F)(F)C(F)(F)C1(F)F. The molecule has 0 aliphatic heterocycles. The number of quaternary nitrogens is 1. The Morgan fingerprint density at radius 1 is 0.583 bits per heavy atom. The van der Waals surface area contributed by atoms with E-state index < -0.39 is 41.2 Å². The van der Waals surface area contributed by atoms with Crippen LogP contribution in [0.5, 0.6) is 0 Å². The number of alkyl halides is 11. The molecule has 0 aromatic carbocycles. The van der Waals surface area contributed by atoms with Crippen LogP contribution in [-0.4, -0.2) is 60.5 Å². The zero-order chi connectivity index (χ0) is 28.6. The molecule has 13 heteroatoms. The Kier molecular flexibility index (Phi) is 12.5. The highest BCUT2D eigenvalue weighted by atomic mass is 19.4. The minimum Gasteiger partial charge on any atom is -0.871 e. The lowest BCUT2D eigenvalue weighted by Gasteiger charge is -2.46. The van der Waals surface area contributed by atoms with Gasteiger partial charge in [-0.25, -0.2) is 0 Å². The van der Waals surface area contributed by atoms with Gasteiger partial charge in [-0.1, -0.05) is 53.4 Å². The number of hydrogen-bond acceptors (Lipinski definition) is 1. The first kappa shape index (κ1) is 34.7. The summed E-state index contributed by atoms with van der Waals surface area (Å²) < 4.78 is 138. The van der Waals surface area contributed by atoms with Gasteiger partial charge < -0.3 is 9.59 Å². The predicted molar refractivity (Wildman–Crippen MR) is 112 cm³/mol. The molecule has 0 fully saturated rings. The van der Waals surface area contributed by atoms with Crippen LogP contribution in [-0.2, 0) is 0 Å². The van der Waals surface area contributed by atoms with Crippen LogP contribution in [0.25, 0.3) is 0 Å². The van der Waals surface area contributed by atoms with Crippen molar-refractivity contribution in [3.63, 3.8) is 0 Å². The van der Waals surface area contributed by atoms with Crippen molar-refractivity contribution in [3.8, 4) is 0 Å². The second kappa shape index (κ2) is 13.0. The van der Waals surface area contributed by atoms with Gasteiger partial charge in [-0.05, 0) is 31.4 Å². The molecule has 36 heavy (non-hydrogen) atoms. The highest BCUT2D eigenvalue weighted by Gasteiger charge is 2.86. The molecule has 0 unspecified atom stereocenters. The molecule has 0 aromatic heterocycles. The van der Waals surface area contributed by atoms with Crippen molar-refractivity contribution >= 4 is 0 Å². The lowest BCUT2D eigenvalue weighted by Crippen LogP contribution is -2.69. The molecule has 0 N–H and O–H groups in total. The van der Waals surface area contributed by atoms with E-state index in [0.29, 0.717) is 0 Å². The molecule has 1 aliphatic carbocycles. The first-order valence-electron chi connectivity index (χ1n) is 12.1. The molecule has 0 saturated heterocycles. The third-order valence-electron chi connectivity index (χ3n) is 6.24. The molecular formula is C23H36F11NO. The fourth-order valence-electron chi connectivity index (χ4n) is 3.95. The van der Waals surface area contributed by atoms with Crippen LogP contribution in [0.4, 0.5) is 48.3 Å². The second-order valence-corrected chi connectivity index (χ2v) is 9.15. The minimum absolute atomic E-state index is 1.35. The van der Waals surface area contributed by atoms with Crippen LogP contribution < -0.4 is 5.11 Å². The van der Waals surface area contributed by atoms with Crippen molar-refractivity contribution in [1.29, 1.82) is 0 Å². The van der Waals surface area contributed by atoms with E-state index in [4.69, 9.17) is 0 Å². The summed E-state index contributed by atoms with van der Waals surface area (Å²) in [6.45, 7) is 15.0. The van der Waals surface area contributed by atoms with Crippen molar-refractivity contribution in [2.75, 3.05) is 26.2 Å². The molecule has 0 amide bonds. The maximum absolute atomic E-state index is 12.7. The van der Waals surface area contributed by atoms with E-state index in [2.05, 4.69) is 27.7 Å². The fraction of sp³-hybridized carbons (Fsp3) is 0.913. The Balaban J connectivity index is 0.000000686. The average Bonchev–Trinajstić information content (AvgIpc) is 2.76. The van der Waals surface area contributed by atoms with Crippen molar-refractivity contribution in [2.24, 2.45) is 0 Å². The van der Waals surface area contributed by atoms with Crippen LogP contribution in [0.1, 0.15) is 79.1 Å². The van der Waals surface area contributed by atoms with Crippen LogP contribution in [0.2, 0.25) is 0 Å². The molecule has 0 radical (unpaired) electrons. The third kappa shape index (κ3) is 7.18. The fourth-order valence-corrected chi connectivity index (χ4v) is 3.95. The van der Waals surface area contributed by atoms with Crippen molar-refractivity contribution < 1.29 is 57.9 Å². The number of nitrogens with zero attached hydrogens (tertiary/aromatic N) is 1. The summed E-state index contributed by atoms with van der Waals surface area (Å²) in [6, 6.07) is 0. The molecule has 0 spiro atoms. The van der Waals surface area contributed by atoms with Crippen molar-refractivity contribution in [3.05, 3.63) is 11.3 Å². The normalized spacial score (nSPS) is 20.6. The minimum atomic E-state index is -7.08. The number of unbranched alkanes of at least 4 members (excludes halogenated alkanes) is 4. The molecule has 1 rings (SSSR count). The van der Waals surface area contributed by atoms with E-state index in [-0.39, 0.29) is 0 Å². The summed E-state index contributed by atoms with van der Waals surface area (Å²) in [6.07, 6.45) is 4.44. The lowest BCUT2D eigenvalue weighted by atomic mass is 9.84. The van der Waals surface area contributed by atoms with Gasteiger partial charge in [-0.2, -0.15) is 48.3 Å². The zero-order valence-corrected chi connectivity index (χ0v) is 21.0. The van der Waals surface area contributed by atoms with Gasteiger partial charge in [-0.3, -0.25) is 0 Å². The van der Waals surface area contributed by atoms with Gasteiger partial charge in [0, 0.05) is 0 Å². The van der Waals surface area contributed by atoms with Gasteiger partial charge in [-0.15, -0.1) is 0 Å². The van der Waals surface area contributed by atoms with E-state index in [1.165, 1.54) is 82.0 Å². The van der Waals surface area contributed by atoms with E-state index in [1.54, 1.807) is 0 Å². The molecule has 2 nitrogen and oxygen atoms in total. The van der Waals surface area contributed by atoms with Crippen LogP contribution >= 0.6 is 0 Å². The molecule has 0 atom stereocenters. The molecule has 0 bridgehead atoms. The molecule has 0 saturated carbocycles. The van der Waals surface area contributed by atoms with E-state index in [9.17, 15) is 53.4 Å². The van der Waals surface area contributed by atoms with Crippen LogP contribution in [0.3, 0.4) is 0 Å². The Labute approximate surface area is 205 Å². The highest BCUT2D eigenvalue weighted by Crippen LogP contribution is 2.62. The summed E-state index contributed by atoms with van der Waals surface area (Å²) >= 11 is 0. The molecule has 216 valence electrons. The second-order valence-electron chi connectivity index (χ2n) is 9.15. The van der Waals surface area contributed by atoms with E-state index in [0.717, 1.165) is 0 Å². The van der Waals surface area contributed by atoms with Crippen LogP contribution in [0.15, 0.2) is 11.3 Å². The van der Waals surface area contributed by atoms with Gasteiger partial charge in [0.05, 0.1) is 26.2 Å². The smallest absolute Gasteiger partial charge is 0.417 e. The standard InChI is InChI=1S/C16H36N.C7HF11O/c1-5-9-13-17(14-10-6-2,15-11-7-3)16-12-8-4;8-3(9)1(5(12,13)14)2(19)4(10,11)7(17,18)6(3,15)16/h5-16H2,1-4H3;19H/q+1;/p-1. The first-order chi connectivity index (χ1) is 16.3. The molecule has 1 aliphatic rings. The lowest BCUT2D eigenvalue weighted by molar-refractivity contribution is -0.929. The predicted octanol–water partition coefficient (Wildman–Crippen LogP) is 7.72. The summed E-state index contributed by atoms with van der Waals surface area (Å²) in [4.78, 5) is 0. The van der Waals surface area contributed by atoms with Gasteiger partial charge in [0.25, 0.3) is 0 Å². The van der Waals surface area contributed by atoms with Crippen molar-refractivity contribution in [1.82, 2.24) is 0 Å². The third-order valence-corrected chi connectivity index (χ3v) is 6.24. The number of rotatable bonds is 12.